The molecule has 0 aromatic heterocycles. The number of benzene rings is 1. The van der Waals surface area contributed by atoms with E-state index in [1.165, 1.54) is 0 Å². The summed E-state index contributed by atoms with van der Waals surface area (Å²) in [5.41, 5.74) is 0.607. The van der Waals surface area contributed by atoms with Gasteiger partial charge < -0.3 is 9.84 Å². The number of β-amino-alcohol motifs (C(OH)–C–C–N with tert-alkyl or cyclic N) is 1. The fourth-order valence-corrected chi connectivity index (χ4v) is 2.63. The predicted octanol–water partition coefficient (Wildman–Crippen LogP) is 1.32. The van der Waals surface area contributed by atoms with Gasteiger partial charge in [-0.15, -0.1) is 0 Å². The minimum atomic E-state index is -0.499. The first-order valence-electron chi connectivity index (χ1n) is 7.86. The smallest absolute Gasteiger partial charge is 0.119 e. The highest BCUT2D eigenvalue weighted by Crippen LogP contribution is 2.12. The zero-order chi connectivity index (χ0) is 15.9. The maximum absolute atomic E-state index is 10.1. The van der Waals surface area contributed by atoms with Crippen LogP contribution in [0, 0.1) is 11.3 Å². The van der Waals surface area contributed by atoms with Gasteiger partial charge in [0.15, 0.2) is 0 Å². The molecule has 1 unspecified atom stereocenters. The van der Waals surface area contributed by atoms with Crippen LogP contribution in [0.3, 0.4) is 0 Å². The van der Waals surface area contributed by atoms with Crippen molar-refractivity contribution < 1.29 is 9.84 Å². The summed E-state index contributed by atoms with van der Waals surface area (Å²) in [6, 6.07) is 9.60. The summed E-state index contributed by atoms with van der Waals surface area (Å²) in [5.74, 6) is 0.683. The summed E-state index contributed by atoms with van der Waals surface area (Å²) in [6.45, 7) is 9.45. The second-order valence-electron chi connectivity index (χ2n) is 6.03. The standard InChI is InChI=1S/C17H25N3O2/c1-14(2)20-9-7-19(8-10-20)12-16(21)13-22-17-5-3-15(11-18)4-6-17/h3-6,14,16,21H,7-10,12-13H2,1-2H3. The van der Waals surface area contributed by atoms with Crippen LogP contribution in [-0.2, 0) is 0 Å². The molecule has 1 aromatic rings. The van der Waals surface area contributed by atoms with Gasteiger partial charge in [0.1, 0.15) is 18.5 Å². The molecular formula is C17H25N3O2. The second kappa shape index (κ2) is 8.14. The lowest BCUT2D eigenvalue weighted by atomic mass is 10.2. The summed E-state index contributed by atoms with van der Waals surface area (Å²) in [7, 11) is 0. The van der Waals surface area contributed by atoms with Gasteiger partial charge in [-0.05, 0) is 38.1 Å². The average molecular weight is 303 g/mol. The summed E-state index contributed by atoms with van der Waals surface area (Å²) in [5, 5.41) is 18.8. The number of nitrogens with zero attached hydrogens (tertiary/aromatic N) is 3. The van der Waals surface area contributed by atoms with Crippen molar-refractivity contribution in [3.63, 3.8) is 0 Å². The number of aliphatic hydroxyl groups is 1. The van der Waals surface area contributed by atoms with E-state index in [-0.39, 0.29) is 6.61 Å². The Morgan fingerprint density at radius 1 is 1.18 bits per heavy atom. The highest BCUT2D eigenvalue weighted by Gasteiger charge is 2.20. The van der Waals surface area contributed by atoms with Gasteiger partial charge in [0, 0.05) is 38.8 Å². The molecular weight excluding hydrogens is 278 g/mol. The van der Waals surface area contributed by atoms with Crippen LogP contribution in [0.4, 0.5) is 0 Å². The van der Waals surface area contributed by atoms with Crippen LogP contribution in [0.5, 0.6) is 5.75 Å². The van der Waals surface area contributed by atoms with Crippen molar-refractivity contribution in [1.82, 2.24) is 9.80 Å². The van der Waals surface area contributed by atoms with Crippen molar-refractivity contribution >= 4 is 0 Å². The molecule has 1 aliphatic rings. The molecule has 1 atom stereocenters. The molecule has 5 nitrogen and oxygen atoms in total. The summed E-state index contributed by atoms with van der Waals surface area (Å²) in [6.07, 6.45) is -0.499. The Labute approximate surface area is 132 Å². The van der Waals surface area contributed by atoms with Crippen molar-refractivity contribution in [2.45, 2.75) is 26.0 Å². The van der Waals surface area contributed by atoms with Crippen LogP contribution < -0.4 is 4.74 Å². The molecule has 5 heteroatoms. The first-order chi connectivity index (χ1) is 10.6. The SMILES string of the molecule is CC(C)N1CCN(CC(O)COc2ccc(C#N)cc2)CC1. The van der Waals surface area contributed by atoms with Crippen LogP contribution >= 0.6 is 0 Å². The van der Waals surface area contributed by atoms with E-state index in [1.54, 1.807) is 24.3 Å². The normalized spacial score (nSPS) is 18.1. The van der Waals surface area contributed by atoms with Crippen LogP contribution in [0.25, 0.3) is 0 Å². The minimum Gasteiger partial charge on any atom is -0.491 e. The van der Waals surface area contributed by atoms with E-state index in [9.17, 15) is 5.11 Å². The Morgan fingerprint density at radius 2 is 1.82 bits per heavy atom. The van der Waals surface area contributed by atoms with Gasteiger partial charge in [0.05, 0.1) is 11.6 Å². The molecule has 22 heavy (non-hydrogen) atoms. The fraction of sp³-hybridized carbons (Fsp3) is 0.588. The van der Waals surface area contributed by atoms with Gasteiger partial charge in [-0.3, -0.25) is 9.80 Å². The molecule has 0 saturated carbocycles. The van der Waals surface area contributed by atoms with Crippen molar-refractivity contribution in [3.05, 3.63) is 29.8 Å². The van der Waals surface area contributed by atoms with Crippen molar-refractivity contribution in [2.24, 2.45) is 0 Å². The van der Waals surface area contributed by atoms with E-state index in [4.69, 9.17) is 10.00 Å². The highest BCUT2D eigenvalue weighted by atomic mass is 16.5. The Hall–Kier alpha value is -1.61. The maximum Gasteiger partial charge on any atom is 0.119 e. The van der Waals surface area contributed by atoms with Gasteiger partial charge in [-0.1, -0.05) is 0 Å². The van der Waals surface area contributed by atoms with Gasteiger partial charge in [-0.2, -0.15) is 5.26 Å². The number of hydrogen-bond donors (Lipinski definition) is 1. The third-order valence-corrected chi connectivity index (χ3v) is 4.03. The molecule has 2 rings (SSSR count). The molecule has 1 saturated heterocycles. The molecule has 1 aromatic carbocycles. The van der Waals surface area contributed by atoms with E-state index in [1.807, 2.05) is 0 Å². The van der Waals surface area contributed by atoms with Crippen LogP contribution in [0.1, 0.15) is 19.4 Å². The molecule has 0 spiro atoms. The van der Waals surface area contributed by atoms with Crippen LogP contribution in [-0.4, -0.2) is 66.4 Å². The first-order valence-corrected chi connectivity index (χ1v) is 7.86. The Balaban J connectivity index is 1.69. The lowest BCUT2D eigenvalue weighted by Crippen LogP contribution is -2.51. The van der Waals surface area contributed by atoms with Crippen LogP contribution in [0.15, 0.2) is 24.3 Å². The lowest BCUT2D eigenvalue weighted by molar-refractivity contribution is 0.0400. The zero-order valence-corrected chi connectivity index (χ0v) is 13.4. The molecule has 1 aliphatic heterocycles. The number of aliphatic hydroxyl groups excluding tert-OH is 1. The maximum atomic E-state index is 10.1. The second-order valence-corrected chi connectivity index (χ2v) is 6.03. The third kappa shape index (κ3) is 4.99. The predicted molar refractivity (Wildman–Crippen MR) is 85.8 cm³/mol. The van der Waals surface area contributed by atoms with Crippen molar-refractivity contribution in [2.75, 3.05) is 39.3 Å². The Bertz CT molecular complexity index is 488. The molecule has 1 fully saturated rings. The Kier molecular flexibility index (Phi) is 6.20. The lowest BCUT2D eigenvalue weighted by Gasteiger charge is -2.37. The molecule has 0 radical (unpaired) electrons. The van der Waals surface area contributed by atoms with E-state index in [0.717, 1.165) is 26.2 Å². The topological polar surface area (TPSA) is 59.7 Å². The van der Waals surface area contributed by atoms with E-state index >= 15 is 0 Å². The largest absolute Gasteiger partial charge is 0.491 e. The van der Waals surface area contributed by atoms with Gasteiger partial charge in [0.2, 0.25) is 0 Å². The summed E-state index contributed by atoms with van der Waals surface area (Å²) < 4.78 is 5.57. The van der Waals surface area contributed by atoms with Crippen LogP contribution in [0.2, 0.25) is 0 Å². The zero-order valence-electron chi connectivity index (χ0n) is 13.4. The van der Waals surface area contributed by atoms with E-state index in [0.29, 0.717) is 23.9 Å². The van der Waals surface area contributed by atoms with Crippen molar-refractivity contribution in [3.8, 4) is 11.8 Å². The van der Waals surface area contributed by atoms with E-state index in [2.05, 4.69) is 29.7 Å². The van der Waals surface area contributed by atoms with Gasteiger partial charge >= 0.3 is 0 Å². The minimum absolute atomic E-state index is 0.274. The molecule has 1 heterocycles. The third-order valence-electron chi connectivity index (χ3n) is 4.03. The first kappa shape index (κ1) is 16.8. The van der Waals surface area contributed by atoms with Crippen molar-refractivity contribution in [1.29, 1.82) is 5.26 Å². The quantitative estimate of drug-likeness (QED) is 0.859. The molecule has 0 bridgehead atoms. The average Bonchev–Trinajstić information content (AvgIpc) is 2.54. The number of piperazine rings is 1. The number of ether oxygens (including phenoxy) is 1. The fourth-order valence-electron chi connectivity index (χ4n) is 2.63. The monoisotopic (exact) mass is 303 g/mol. The highest BCUT2D eigenvalue weighted by molar-refractivity contribution is 5.34. The van der Waals surface area contributed by atoms with Gasteiger partial charge in [0.25, 0.3) is 0 Å². The Morgan fingerprint density at radius 3 is 2.36 bits per heavy atom. The molecule has 0 aliphatic carbocycles. The summed E-state index contributed by atoms with van der Waals surface area (Å²) >= 11 is 0. The molecule has 0 amide bonds. The van der Waals surface area contributed by atoms with Gasteiger partial charge in [-0.25, -0.2) is 0 Å². The van der Waals surface area contributed by atoms with E-state index < -0.39 is 6.10 Å². The summed E-state index contributed by atoms with van der Waals surface area (Å²) in [4.78, 5) is 4.74. The number of rotatable bonds is 6. The molecule has 120 valence electrons. The number of hydrogen-bond acceptors (Lipinski definition) is 5. The number of nitriles is 1. The molecule has 1 N–H and O–H groups in total.